The Morgan fingerprint density at radius 1 is 1.29 bits per heavy atom. The first-order valence-electron chi connectivity index (χ1n) is 7.25. The van der Waals surface area contributed by atoms with Crippen LogP contribution < -0.4 is 15.4 Å². The summed E-state index contributed by atoms with van der Waals surface area (Å²) in [7, 11) is 0. The smallest absolute Gasteiger partial charge is 0.391 e. The fourth-order valence-corrected chi connectivity index (χ4v) is 2.52. The van der Waals surface area contributed by atoms with Gasteiger partial charge in [0.15, 0.2) is 0 Å². The zero-order valence-corrected chi connectivity index (χ0v) is 12.1. The summed E-state index contributed by atoms with van der Waals surface area (Å²) in [4.78, 5) is 1.96. The zero-order chi connectivity index (χ0) is 15.5. The van der Waals surface area contributed by atoms with Crippen molar-refractivity contribution >= 4 is 11.4 Å². The van der Waals surface area contributed by atoms with E-state index in [9.17, 15) is 13.2 Å². The summed E-state index contributed by atoms with van der Waals surface area (Å²) in [5.74, 6) is -0.578. The van der Waals surface area contributed by atoms with Crippen LogP contribution in [0.25, 0.3) is 0 Å². The molecule has 0 aliphatic carbocycles. The molecule has 0 aromatic heterocycles. The van der Waals surface area contributed by atoms with Crippen LogP contribution in [0.15, 0.2) is 18.2 Å². The van der Waals surface area contributed by atoms with Gasteiger partial charge in [-0.25, -0.2) is 0 Å². The molecule has 0 atom stereocenters. The quantitative estimate of drug-likeness (QED) is 0.859. The molecule has 0 spiro atoms. The molecule has 0 radical (unpaired) electrons. The van der Waals surface area contributed by atoms with Crippen molar-refractivity contribution in [3.63, 3.8) is 0 Å². The summed E-state index contributed by atoms with van der Waals surface area (Å²) >= 11 is 0. The summed E-state index contributed by atoms with van der Waals surface area (Å²) in [5, 5.41) is 0. The summed E-state index contributed by atoms with van der Waals surface area (Å²) < 4.78 is 43.6. The van der Waals surface area contributed by atoms with Gasteiger partial charge >= 0.3 is 6.18 Å². The first-order chi connectivity index (χ1) is 9.91. The first kappa shape index (κ1) is 15.8. The molecule has 1 aromatic carbocycles. The van der Waals surface area contributed by atoms with Gasteiger partial charge in [-0.1, -0.05) is 6.92 Å². The van der Waals surface area contributed by atoms with Gasteiger partial charge in [-0.3, -0.25) is 0 Å². The van der Waals surface area contributed by atoms with Crippen LogP contribution >= 0.6 is 0 Å². The van der Waals surface area contributed by atoms with Crippen LogP contribution in [0.1, 0.15) is 26.2 Å². The molecule has 118 valence electrons. The summed E-state index contributed by atoms with van der Waals surface area (Å²) in [6, 6.07) is 5.40. The van der Waals surface area contributed by atoms with Gasteiger partial charge in [-0.15, -0.1) is 0 Å². The molecule has 1 fully saturated rings. The van der Waals surface area contributed by atoms with Gasteiger partial charge in [0.1, 0.15) is 5.75 Å². The van der Waals surface area contributed by atoms with Crippen molar-refractivity contribution in [3.05, 3.63) is 18.2 Å². The van der Waals surface area contributed by atoms with E-state index in [1.54, 1.807) is 6.07 Å². The van der Waals surface area contributed by atoms with E-state index in [4.69, 9.17) is 10.5 Å². The molecule has 0 saturated carbocycles. The van der Waals surface area contributed by atoms with Crippen LogP contribution in [-0.2, 0) is 0 Å². The SMILES string of the molecule is CCCOc1cc(N2CCC(C(F)(F)F)CC2)ccc1N. The van der Waals surface area contributed by atoms with E-state index >= 15 is 0 Å². The van der Waals surface area contributed by atoms with Crippen LogP contribution in [0.4, 0.5) is 24.5 Å². The topological polar surface area (TPSA) is 38.5 Å². The Morgan fingerprint density at radius 3 is 2.52 bits per heavy atom. The Balaban J connectivity index is 2.03. The summed E-state index contributed by atoms with van der Waals surface area (Å²) in [5.41, 5.74) is 7.27. The van der Waals surface area contributed by atoms with Crippen molar-refractivity contribution in [1.29, 1.82) is 0 Å². The number of rotatable bonds is 4. The number of nitrogens with two attached hydrogens (primary N) is 1. The number of hydrogen-bond acceptors (Lipinski definition) is 3. The average molecular weight is 302 g/mol. The predicted octanol–water partition coefficient (Wildman–Crippen LogP) is 3.84. The molecular weight excluding hydrogens is 281 g/mol. The maximum Gasteiger partial charge on any atom is 0.391 e. The average Bonchev–Trinajstić information content (AvgIpc) is 2.46. The molecule has 1 aromatic rings. The fourth-order valence-electron chi connectivity index (χ4n) is 2.52. The second-order valence-corrected chi connectivity index (χ2v) is 5.37. The fraction of sp³-hybridized carbons (Fsp3) is 0.600. The second kappa shape index (κ2) is 6.45. The van der Waals surface area contributed by atoms with E-state index in [2.05, 4.69) is 0 Å². The molecule has 0 bridgehead atoms. The van der Waals surface area contributed by atoms with Crippen LogP contribution in [0.2, 0.25) is 0 Å². The van der Waals surface area contributed by atoms with Crippen molar-refractivity contribution in [2.75, 3.05) is 30.3 Å². The molecule has 2 N–H and O–H groups in total. The Morgan fingerprint density at radius 2 is 1.95 bits per heavy atom. The number of ether oxygens (including phenoxy) is 1. The predicted molar refractivity (Wildman–Crippen MR) is 77.6 cm³/mol. The normalized spacial score (nSPS) is 17.0. The van der Waals surface area contributed by atoms with Gasteiger partial charge in [-0.05, 0) is 31.4 Å². The highest BCUT2D eigenvalue weighted by atomic mass is 19.4. The van der Waals surface area contributed by atoms with Crippen LogP contribution in [-0.4, -0.2) is 25.9 Å². The summed E-state index contributed by atoms with van der Waals surface area (Å²) in [6.07, 6.45) is -2.93. The van der Waals surface area contributed by atoms with Gasteiger partial charge < -0.3 is 15.4 Å². The lowest BCUT2D eigenvalue weighted by Gasteiger charge is -2.34. The highest BCUT2D eigenvalue weighted by molar-refractivity contribution is 5.62. The first-order valence-corrected chi connectivity index (χ1v) is 7.25. The van der Waals surface area contributed by atoms with Crippen LogP contribution in [0.5, 0.6) is 5.75 Å². The number of halogens is 3. The molecule has 1 saturated heterocycles. The van der Waals surface area contributed by atoms with E-state index in [1.165, 1.54) is 0 Å². The molecule has 3 nitrogen and oxygen atoms in total. The van der Waals surface area contributed by atoms with Crippen molar-refractivity contribution in [2.45, 2.75) is 32.4 Å². The van der Waals surface area contributed by atoms with Gasteiger partial charge in [0.2, 0.25) is 0 Å². The minimum atomic E-state index is -4.08. The van der Waals surface area contributed by atoms with E-state index in [0.717, 1.165) is 12.1 Å². The third-order valence-corrected chi connectivity index (χ3v) is 3.78. The second-order valence-electron chi connectivity index (χ2n) is 5.37. The number of benzene rings is 1. The molecule has 21 heavy (non-hydrogen) atoms. The minimum Gasteiger partial charge on any atom is -0.491 e. The standard InChI is InChI=1S/C15H21F3N2O/c1-2-9-21-14-10-12(3-4-13(14)19)20-7-5-11(6-8-20)15(16,17)18/h3-4,10-11H,2,5-9,19H2,1H3. The van der Waals surface area contributed by atoms with Crippen molar-refractivity contribution in [1.82, 2.24) is 0 Å². The number of anilines is 2. The third kappa shape index (κ3) is 3.95. The molecule has 1 aliphatic rings. The molecule has 0 amide bonds. The maximum atomic E-state index is 12.7. The molecule has 0 unspecified atom stereocenters. The third-order valence-electron chi connectivity index (χ3n) is 3.78. The molecule has 1 aliphatic heterocycles. The number of hydrogen-bond donors (Lipinski definition) is 1. The van der Waals surface area contributed by atoms with Crippen molar-refractivity contribution in [2.24, 2.45) is 5.92 Å². The van der Waals surface area contributed by atoms with E-state index in [-0.39, 0.29) is 12.8 Å². The number of alkyl halides is 3. The van der Waals surface area contributed by atoms with E-state index < -0.39 is 12.1 Å². The largest absolute Gasteiger partial charge is 0.491 e. The van der Waals surface area contributed by atoms with Gasteiger partial charge in [-0.2, -0.15) is 13.2 Å². The molecular formula is C15H21F3N2O. The Kier molecular flexibility index (Phi) is 4.85. The van der Waals surface area contributed by atoms with Gasteiger partial charge in [0.05, 0.1) is 18.2 Å². The lowest BCUT2D eigenvalue weighted by molar-refractivity contribution is -0.179. The number of nitrogen functional groups attached to an aromatic ring is 1. The maximum absolute atomic E-state index is 12.7. The highest BCUT2D eigenvalue weighted by Crippen LogP contribution is 2.36. The Labute approximate surface area is 122 Å². The van der Waals surface area contributed by atoms with Gasteiger partial charge in [0, 0.05) is 24.8 Å². The summed E-state index contributed by atoms with van der Waals surface area (Å²) in [6.45, 7) is 3.38. The highest BCUT2D eigenvalue weighted by Gasteiger charge is 2.41. The van der Waals surface area contributed by atoms with Crippen molar-refractivity contribution in [3.8, 4) is 5.75 Å². The van der Waals surface area contributed by atoms with E-state index in [0.29, 0.717) is 31.1 Å². The lowest BCUT2D eigenvalue weighted by Crippen LogP contribution is -2.39. The number of nitrogens with zero attached hydrogens (tertiary/aromatic N) is 1. The Hall–Kier alpha value is -1.59. The van der Waals surface area contributed by atoms with Crippen LogP contribution in [0, 0.1) is 5.92 Å². The monoisotopic (exact) mass is 302 g/mol. The minimum absolute atomic E-state index is 0.138. The number of piperidine rings is 1. The lowest BCUT2D eigenvalue weighted by atomic mass is 9.96. The van der Waals surface area contributed by atoms with Gasteiger partial charge in [0.25, 0.3) is 0 Å². The zero-order valence-electron chi connectivity index (χ0n) is 12.1. The molecule has 2 rings (SSSR count). The van der Waals surface area contributed by atoms with E-state index in [1.807, 2.05) is 24.0 Å². The molecule has 6 heteroatoms. The van der Waals surface area contributed by atoms with Crippen molar-refractivity contribution < 1.29 is 17.9 Å². The molecule has 1 heterocycles. The Bertz CT molecular complexity index is 468. The van der Waals surface area contributed by atoms with Crippen LogP contribution in [0.3, 0.4) is 0 Å².